The summed E-state index contributed by atoms with van der Waals surface area (Å²) in [5, 5.41) is 3.54. The molecule has 0 aliphatic carbocycles. The number of benzene rings is 2. The van der Waals surface area contributed by atoms with Crippen LogP contribution < -0.4 is 5.32 Å². The number of carbonyl (C=O) groups excluding carboxylic acids is 1. The number of carbonyl (C=O) groups is 1. The van der Waals surface area contributed by atoms with Crippen LogP contribution in [0.1, 0.15) is 30.0 Å². The molecule has 1 fully saturated rings. The lowest BCUT2D eigenvalue weighted by Crippen LogP contribution is -2.40. The molecule has 1 amide bonds. The molecule has 108 valence electrons. The number of amides is 1. The van der Waals surface area contributed by atoms with E-state index in [-0.39, 0.29) is 11.9 Å². The first kappa shape index (κ1) is 14.2. The molecule has 1 aliphatic heterocycles. The van der Waals surface area contributed by atoms with Gasteiger partial charge in [-0.05, 0) is 31.0 Å². The quantitative estimate of drug-likeness (QED) is 0.924. The Morgan fingerprint density at radius 3 is 2.48 bits per heavy atom. The minimum Gasteiger partial charge on any atom is -0.348 e. The van der Waals surface area contributed by atoms with Crippen molar-refractivity contribution in [3.05, 3.63) is 65.7 Å². The summed E-state index contributed by atoms with van der Waals surface area (Å²) < 4.78 is 0. The van der Waals surface area contributed by atoms with Crippen LogP contribution in [-0.2, 0) is 4.79 Å². The van der Waals surface area contributed by atoms with Crippen LogP contribution in [-0.4, -0.2) is 11.2 Å². The van der Waals surface area contributed by atoms with Crippen molar-refractivity contribution in [2.45, 2.75) is 36.0 Å². The lowest BCUT2D eigenvalue weighted by molar-refractivity contribution is -0.123. The Morgan fingerprint density at radius 1 is 1.05 bits per heavy atom. The molecule has 1 saturated heterocycles. The average Bonchev–Trinajstić information content (AvgIpc) is 2.52. The van der Waals surface area contributed by atoms with Gasteiger partial charge in [0.25, 0.3) is 0 Å². The van der Waals surface area contributed by atoms with Crippen LogP contribution in [0.25, 0.3) is 0 Å². The second-order valence-electron chi connectivity index (χ2n) is 5.46. The molecule has 2 aromatic rings. The standard InChI is InChI=1S/C18H19NOS/c1-13-7-9-15(10-8-13)21-16-11-12-17(20)19-18(16)14-5-3-2-4-6-14/h2-10,16,18H,11-12H2,1H3,(H,19,20). The monoisotopic (exact) mass is 297 g/mol. The summed E-state index contributed by atoms with van der Waals surface area (Å²) in [5.41, 5.74) is 2.46. The van der Waals surface area contributed by atoms with E-state index in [1.807, 2.05) is 30.0 Å². The number of piperidine rings is 1. The first-order valence-electron chi connectivity index (χ1n) is 7.30. The highest BCUT2D eigenvalue weighted by Crippen LogP contribution is 2.37. The second-order valence-corrected chi connectivity index (χ2v) is 6.78. The van der Waals surface area contributed by atoms with Gasteiger partial charge in [-0.15, -0.1) is 11.8 Å². The molecule has 0 aromatic heterocycles. The molecular formula is C18H19NOS. The van der Waals surface area contributed by atoms with Gasteiger partial charge in [-0.3, -0.25) is 4.79 Å². The first-order chi connectivity index (χ1) is 10.2. The van der Waals surface area contributed by atoms with Gasteiger partial charge >= 0.3 is 0 Å². The molecule has 2 aromatic carbocycles. The summed E-state index contributed by atoms with van der Waals surface area (Å²) in [6.07, 6.45) is 1.54. The lowest BCUT2D eigenvalue weighted by Gasteiger charge is -2.32. The topological polar surface area (TPSA) is 29.1 Å². The van der Waals surface area contributed by atoms with Crippen LogP contribution >= 0.6 is 11.8 Å². The third-order valence-corrected chi connectivity index (χ3v) is 5.17. The Hall–Kier alpha value is -1.74. The SMILES string of the molecule is Cc1ccc(SC2CCC(=O)NC2c2ccccc2)cc1. The summed E-state index contributed by atoms with van der Waals surface area (Å²) >= 11 is 1.86. The number of aryl methyl sites for hydroxylation is 1. The summed E-state index contributed by atoms with van der Waals surface area (Å²) in [5.74, 6) is 0.157. The fraction of sp³-hybridized carbons (Fsp3) is 0.278. The molecular weight excluding hydrogens is 278 g/mol. The van der Waals surface area contributed by atoms with Gasteiger partial charge in [-0.2, -0.15) is 0 Å². The summed E-state index contributed by atoms with van der Waals surface area (Å²) in [7, 11) is 0. The molecule has 0 spiro atoms. The van der Waals surface area contributed by atoms with Gasteiger partial charge in [0, 0.05) is 16.6 Å². The number of hydrogen-bond donors (Lipinski definition) is 1. The second kappa shape index (κ2) is 6.35. The van der Waals surface area contributed by atoms with Crippen molar-refractivity contribution in [1.82, 2.24) is 5.32 Å². The summed E-state index contributed by atoms with van der Waals surface area (Å²) in [6.45, 7) is 2.10. The molecule has 1 aliphatic rings. The van der Waals surface area contributed by atoms with Crippen molar-refractivity contribution >= 4 is 17.7 Å². The Labute approximate surface area is 130 Å². The number of hydrogen-bond acceptors (Lipinski definition) is 2. The molecule has 1 heterocycles. The summed E-state index contributed by atoms with van der Waals surface area (Å²) in [6, 6.07) is 19.0. The number of nitrogens with one attached hydrogen (secondary N) is 1. The van der Waals surface area contributed by atoms with Gasteiger partial charge in [-0.25, -0.2) is 0 Å². The zero-order valence-corrected chi connectivity index (χ0v) is 12.9. The largest absolute Gasteiger partial charge is 0.348 e. The molecule has 2 nitrogen and oxygen atoms in total. The molecule has 0 radical (unpaired) electrons. The van der Waals surface area contributed by atoms with Gasteiger partial charge in [0.1, 0.15) is 0 Å². The summed E-state index contributed by atoms with van der Waals surface area (Å²) in [4.78, 5) is 13.0. The van der Waals surface area contributed by atoms with E-state index in [2.05, 4.69) is 48.6 Å². The van der Waals surface area contributed by atoms with Crippen LogP contribution in [0.3, 0.4) is 0 Å². The highest BCUT2D eigenvalue weighted by Gasteiger charge is 2.30. The van der Waals surface area contributed by atoms with Crippen molar-refractivity contribution in [1.29, 1.82) is 0 Å². The van der Waals surface area contributed by atoms with E-state index in [9.17, 15) is 4.79 Å². The fourth-order valence-electron chi connectivity index (χ4n) is 2.66. The van der Waals surface area contributed by atoms with Crippen LogP contribution in [0.15, 0.2) is 59.5 Å². The van der Waals surface area contributed by atoms with E-state index in [0.717, 1.165) is 6.42 Å². The van der Waals surface area contributed by atoms with Crippen LogP contribution in [0.4, 0.5) is 0 Å². The van der Waals surface area contributed by atoms with Gasteiger partial charge in [0.15, 0.2) is 0 Å². The van der Waals surface area contributed by atoms with E-state index in [0.29, 0.717) is 11.7 Å². The maximum absolute atomic E-state index is 11.8. The lowest BCUT2D eigenvalue weighted by atomic mass is 9.97. The maximum atomic E-state index is 11.8. The minimum atomic E-state index is 0.0961. The molecule has 21 heavy (non-hydrogen) atoms. The molecule has 1 N–H and O–H groups in total. The highest BCUT2D eigenvalue weighted by molar-refractivity contribution is 8.00. The third kappa shape index (κ3) is 3.48. The smallest absolute Gasteiger partial charge is 0.220 e. The van der Waals surface area contributed by atoms with Crippen LogP contribution in [0.5, 0.6) is 0 Å². The predicted octanol–water partition coefficient (Wildman–Crippen LogP) is 4.11. The molecule has 0 bridgehead atoms. The van der Waals surface area contributed by atoms with Gasteiger partial charge < -0.3 is 5.32 Å². The zero-order chi connectivity index (χ0) is 14.7. The number of thioether (sulfide) groups is 1. The highest BCUT2D eigenvalue weighted by atomic mass is 32.2. The van der Waals surface area contributed by atoms with Crippen LogP contribution in [0.2, 0.25) is 0 Å². The molecule has 2 atom stereocenters. The van der Waals surface area contributed by atoms with Crippen molar-refractivity contribution in [2.24, 2.45) is 0 Å². The van der Waals surface area contributed by atoms with Gasteiger partial charge in [0.05, 0.1) is 6.04 Å². The fourth-order valence-corrected chi connectivity index (χ4v) is 3.90. The van der Waals surface area contributed by atoms with E-state index in [1.54, 1.807) is 0 Å². The van der Waals surface area contributed by atoms with Crippen molar-refractivity contribution < 1.29 is 4.79 Å². The number of rotatable bonds is 3. The van der Waals surface area contributed by atoms with Crippen molar-refractivity contribution in [2.75, 3.05) is 0 Å². The first-order valence-corrected chi connectivity index (χ1v) is 8.18. The normalized spacial score (nSPS) is 21.9. The van der Waals surface area contributed by atoms with E-state index >= 15 is 0 Å². The van der Waals surface area contributed by atoms with Crippen molar-refractivity contribution in [3.63, 3.8) is 0 Å². The Balaban J connectivity index is 1.81. The maximum Gasteiger partial charge on any atom is 0.220 e. The van der Waals surface area contributed by atoms with Crippen LogP contribution in [0, 0.1) is 6.92 Å². The third-order valence-electron chi connectivity index (χ3n) is 3.81. The Bertz CT molecular complexity index is 609. The molecule has 3 heteroatoms. The van der Waals surface area contributed by atoms with Crippen molar-refractivity contribution in [3.8, 4) is 0 Å². The van der Waals surface area contributed by atoms with E-state index in [4.69, 9.17) is 0 Å². The van der Waals surface area contributed by atoms with E-state index < -0.39 is 0 Å². The predicted molar refractivity (Wildman–Crippen MR) is 87.4 cm³/mol. The Morgan fingerprint density at radius 2 is 1.76 bits per heavy atom. The minimum absolute atomic E-state index is 0.0961. The van der Waals surface area contributed by atoms with Gasteiger partial charge in [0.2, 0.25) is 5.91 Å². The van der Waals surface area contributed by atoms with Gasteiger partial charge in [-0.1, -0.05) is 48.0 Å². The molecule has 0 saturated carbocycles. The molecule has 2 unspecified atom stereocenters. The average molecular weight is 297 g/mol. The zero-order valence-electron chi connectivity index (χ0n) is 12.1. The molecule has 3 rings (SSSR count). The van der Waals surface area contributed by atoms with E-state index in [1.165, 1.54) is 16.0 Å². The Kier molecular flexibility index (Phi) is 4.30.